The Morgan fingerprint density at radius 1 is 1.17 bits per heavy atom. The number of hydrogen-bond donors (Lipinski definition) is 1. The van der Waals surface area contributed by atoms with Gasteiger partial charge in [-0.3, -0.25) is 14.5 Å². The quantitative estimate of drug-likeness (QED) is 0.907. The minimum Gasteiger partial charge on any atom is -0.352 e. The molecule has 1 N–H and O–H groups in total. The lowest BCUT2D eigenvalue weighted by atomic mass is 9.87. The summed E-state index contributed by atoms with van der Waals surface area (Å²) in [5.74, 6) is 1.05. The Hall–Kier alpha value is -1.40. The third-order valence-corrected chi connectivity index (χ3v) is 6.00. The number of rotatable bonds is 4. The average Bonchev–Trinajstić information content (AvgIpc) is 3.11. The van der Waals surface area contributed by atoms with Crippen LogP contribution in [0, 0.1) is 5.92 Å². The highest BCUT2D eigenvalue weighted by Gasteiger charge is 2.25. The Morgan fingerprint density at radius 2 is 1.88 bits per heavy atom. The summed E-state index contributed by atoms with van der Waals surface area (Å²) < 4.78 is 0. The average molecular weight is 350 g/mol. The lowest BCUT2D eigenvalue weighted by Gasteiger charge is -2.34. The minimum atomic E-state index is 0.116. The van der Waals surface area contributed by atoms with Gasteiger partial charge in [0.1, 0.15) is 0 Å². The molecule has 1 saturated heterocycles. The maximum absolute atomic E-state index is 12.3. The molecule has 0 spiro atoms. The van der Waals surface area contributed by atoms with Gasteiger partial charge in [-0.2, -0.15) is 0 Å². The van der Waals surface area contributed by atoms with Gasteiger partial charge in [0, 0.05) is 32.2 Å². The van der Waals surface area contributed by atoms with Crippen LogP contribution in [0.5, 0.6) is 0 Å². The molecule has 1 saturated carbocycles. The largest absolute Gasteiger partial charge is 0.352 e. The van der Waals surface area contributed by atoms with Crippen LogP contribution in [-0.2, 0) is 4.79 Å². The molecule has 1 aromatic heterocycles. The molecule has 2 heterocycles. The number of carbonyl (C=O) groups is 2. The maximum Gasteiger partial charge on any atom is 0.264 e. The number of amides is 2. The van der Waals surface area contributed by atoms with Crippen molar-refractivity contribution in [1.29, 1.82) is 0 Å². The van der Waals surface area contributed by atoms with Gasteiger partial charge in [-0.25, -0.2) is 0 Å². The van der Waals surface area contributed by atoms with Crippen molar-refractivity contribution in [2.24, 2.45) is 5.92 Å². The zero-order valence-corrected chi connectivity index (χ0v) is 15.2. The van der Waals surface area contributed by atoms with Crippen LogP contribution in [0.3, 0.4) is 0 Å². The van der Waals surface area contributed by atoms with Crippen LogP contribution in [0.25, 0.3) is 0 Å². The highest BCUT2D eigenvalue weighted by molar-refractivity contribution is 7.12. The smallest absolute Gasteiger partial charge is 0.264 e. The van der Waals surface area contributed by atoms with Crippen LogP contribution in [0.15, 0.2) is 17.5 Å². The topological polar surface area (TPSA) is 52.7 Å². The van der Waals surface area contributed by atoms with Crippen molar-refractivity contribution in [3.8, 4) is 0 Å². The van der Waals surface area contributed by atoms with Crippen molar-refractivity contribution >= 4 is 23.2 Å². The Balaban J connectivity index is 1.39. The first kappa shape index (κ1) is 17.4. The Kier molecular flexibility index (Phi) is 5.89. The molecule has 0 atom stereocenters. The number of piperazine rings is 1. The van der Waals surface area contributed by atoms with E-state index in [4.69, 9.17) is 0 Å². The van der Waals surface area contributed by atoms with E-state index in [1.54, 1.807) is 0 Å². The van der Waals surface area contributed by atoms with Crippen molar-refractivity contribution in [2.45, 2.75) is 38.6 Å². The molecule has 1 aromatic rings. The van der Waals surface area contributed by atoms with E-state index in [9.17, 15) is 9.59 Å². The highest BCUT2D eigenvalue weighted by atomic mass is 32.1. The van der Waals surface area contributed by atoms with E-state index in [0.29, 0.717) is 25.7 Å². The van der Waals surface area contributed by atoms with Gasteiger partial charge in [0.25, 0.3) is 5.91 Å². The predicted molar refractivity (Wildman–Crippen MR) is 96.2 cm³/mol. The molecular weight excluding hydrogens is 322 g/mol. The van der Waals surface area contributed by atoms with E-state index in [0.717, 1.165) is 36.7 Å². The number of nitrogens with one attached hydrogen (secondary N) is 1. The number of nitrogens with zero attached hydrogens (tertiary/aromatic N) is 2. The van der Waals surface area contributed by atoms with E-state index >= 15 is 0 Å². The first-order valence-corrected chi connectivity index (χ1v) is 9.84. The standard InChI is InChI=1S/C18H27N3O2S/c1-14-4-6-15(7-5-14)19-17(22)13-20-8-10-21(11-9-20)18(23)16-3-2-12-24-16/h2-3,12,14-15H,4-11,13H2,1H3,(H,19,22). The number of hydrogen-bond acceptors (Lipinski definition) is 4. The second kappa shape index (κ2) is 8.12. The molecule has 0 bridgehead atoms. The van der Waals surface area contributed by atoms with Gasteiger partial charge in [-0.15, -0.1) is 11.3 Å². The van der Waals surface area contributed by atoms with Crippen LogP contribution in [0.2, 0.25) is 0 Å². The van der Waals surface area contributed by atoms with Gasteiger partial charge < -0.3 is 10.2 Å². The fraction of sp³-hybridized carbons (Fsp3) is 0.667. The SMILES string of the molecule is CC1CCC(NC(=O)CN2CCN(C(=O)c3cccs3)CC2)CC1. The monoisotopic (exact) mass is 349 g/mol. The van der Waals surface area contributed by atoms with E-state index in [2.05, 4.69) is 17.1 Å². The van der Waals surface area contributed by atoms with E-state index in [1.165, 1.54) is 24.2 Å². The van der Waals surface area contributed by atoms with Gasteiger partial charge in [0.15, 0.2) is 0 Å². The number of carbonyl (C=O) groups excluding carboxylic acids is 2. The summed E-state index contributed by atoms with van der Waals surface area (Å²) in [6.45, 7) is 5.68. The van der Waals surface area contributed by atoms with Crippen LogP contribution >= 0.6 is 11.3 Å². The third-order valence-electron chi connectivity index (χ3n) is 5.14. The molecule has 6 heteroatoms. The second-order valence-electron chi connectivity index (χ2n) is 7.07. The molecule has 0 unspecified atom stereocenters. The first-order chi connectivity index (χ1) is 11.6. The molecule has 0 radical (unpaired) electrons. The van der Waals surface area contributed by atoms with Gasteiger partial charge >= 0.3 is 0 Å². The molecule has 2 aliphatic rings. The fourth-order valence-electron chi connectivity index (χ4n) is 3.55. The van der Waals surface area contributed by atoms with E-state index in [-0.39, 0.29) is 11.8 Å². The zero-order valence-electron chi connectivity index (χ0n) is 14.4. The maximum atomic E-state index is 12.3. The van der Waals surface area contributed by atoms with Crippen LogP contribution in [0.1, 0.15) is 42.3 Å². The van der Waals surface area contributed by atoms with Gasteiger partial charge in [0.2, 0.25) is 5.91 Å². The lowest BCUT2D eigenvalue weighted by Crippen LogP contribution is -2.52. The summed E-state index contributed by atoms with van der Waals surface area (Å²) in [5, 5.41) is 5.11. The van der Waals surface area contributed by atoms with Crippen LogP contribution in [-0.4, -0.2) is 60.4 Å². The molecule has 1 aliphatic heterocycles. The van der Waals surface area contributed by atoms with Gasteiger partial charge in [-0.1, -0.05) is 13.0 Å². The highest BCUT2D eigenvalue weighted by Crippen LogP contribution is 2.23. The normalized spacial score (nSPS) is 25.5. The summed E-state index contributed by atoms with van der Waals surface area (Å²) in [4.78, 5) is 29.4. The lowest BCUT2D eigenvalue weighted by molar-refractivity contribution is -0.123. The van der Waals surface area contributed by atoms with Gasteiger partial charge in [0.05, 0.1) is 11.4 Å². The van der Waals surface area contributed by atoms with Crippen LogP contribution < -0.4 is 5.32 Å². The Labute approximate surface area is 148 Å². The molecule has 24 heavy (non-hydrogen) atoms. The third kappa shape index (κ3) is 4.57. The van der Waals surface area contributed by atoms with Crippen molar-refractivity contribution in [3.05, 3.63) is 22.4 Å². The Bertz CT molecular complexity index is 545. The van der Waals surface area contributed by atoms with E-state index < -0.39 is 0 Å². The summed E-state index contributed by atoms with van der Waals surface area (Å²) in [6, 6.07) is 4.14. The molecule has 2 fully saturated rings. The summed E-state index contributed by atoms with van der Waals surface area (Å²) in [6.07, 6.45) is 4.65. The predicted octanol–water partition coefficient (Wildman–Crippen LogP) is 2.20. The second-order valence-corrected chi connectivity index (χ2v) is 8.02. The Morgan fingerprint density at radius 3 is 2.50 bits per heavy atom. The van der Waals surface area contributed by atoms with Crippen molar-refractivity contribution < 1.29 is 9.59 Å². The molecule has 1 aliphatic carbocycles. The van der Waals surface area contributed by atoms with Crippen molar-refractivity contribution in [2.75, 3.05) is 32.7 Å². The minimum absolute atomic E-state index is 0.116. The molecule has 3 rings (SSSR count). The van der Waals surface area contributed by atoms with Gasteiger partial charge in [-0.05, 0) is 43.0 Å². The first-order valence-electron chi connectivity index (χ1n) is 8.96. The van der Waals surface area contributed by atoms with E-state index in [1.807, 2.05) is 22.4 Å². The molecule has 132 valence electrons. The number of thiophene rings is 1. The fourth-order valence-corrected chi connectivity index (χ4v) is 4.24. The van der Waals surface area contributed by atoms with Crippen LogP contribution in [0.4, 0.5) is 0 Å². The van der Waals surface area contributed by atoms with Crippen molar-refractivity contribution in [1.82, 2.24) is 15.1 Å². The summed E-state index contributed by atoms with van der Waals surface area (Å²) >= 11 is 1.49. The van der Waals surface area contributed by atoms with Crippen molar-refractivity contribution in [3.63, 3.8) is 0 Å². The zero-order chi connectivity index (χ0) is 16.9. The molecule has 5 nitrogen and oxygen atoms in total. The summed E-state index contributed by atoms with van der Waals surface area (Å²) in [7, 11) is 0. The summed E-state index contributed by atoms with van der Waals surface area (Å²) in [5.41, 5.74) is 0. The molecular formula is C18H27N3O2S. The molecule has 2 amide bonds. The molecule has 0 aromatic carbocycles.